The number of hydrogen-bond donors (Lipinski definition) is 2. The maximum atomic E-state index is 13.0. The van der Waals surface area contributed by atoms with E-state index in [2.05, 4.69) is 15.3 Å². The number of nitrogens with two attached hydrogens (primary N) is 1. The number of aromatic nitrogens is 2. The molecular weight excluding hydrogens is 274 g/mol. The second-order valence-electron chi connectivity index (χ2n) is 3.88. The minimum absolute atomic E-state index is 0.161. The summed E-state index contributed by atoms with van der Waals surface area (Å²) >= 11 is 5.74. The fraction of sp³-hybridized carbons (Fsp3) is 0.167. The van der Waals surface area contributed by atoms with Crippen molar-refractivity contribution in [2.45, 2.75) is 6.42 Å². The van der Waals surface area contributed by atoms with Crippen molar-refractivity contribution in [3.8, 4) is 0 Å². The van der Waals surface area contributed by atoms with Gasteiger partial charge in [-0.25, -0.2) is 18.7 Å². The minimum atomic E-state index is -0.598. The van der Waals surface area contributed by atoms with Crippen LogP contribution in [0, 0.1) is 11.6 Å². The standard InChI is InChI=1S/C12H11ClF2N4/c13-11-10(16)12(19-6-18-11)17-2-1-7-3-8(14)5-9(15)4-7/h3-6H,1-2,16H2,(H,17,18,19). The lowest BCUT2D eigenvalue weighted by molar-refractivity contribution is 0.580. The van der Waals surface area contributed by atoms with Gasteiger partial charge in [0.05, 0.1) is 0 Å². The van der Waals surface area contributed by atoms with E-state index >= 15 is 0 Å². The van der Waals surface area contributed by atoms with E-state index in [1.807, 2.05) is 0 Å². The summed E-state index contributed by atoms with van der Waals surface area (Å²) in [4.78, 5) is 7.64. The lowest BCUT2D eigenvalue weighted by Crippen LogP contribution is -2.09. The molecule has 2 rings (SSSR count). The van der Waals surface area contributed by atoms with E-state index in [1.54, 1.807) is 0 Å². The summed E-state index contributed by atoms with van der Waals surface area (Å²) in [5.41, 5.74) is 6.46. The monoisotopic (exact) mass is 284 g/mol. The normalized spacial score (nSPS) is 10.5. The lowest BCUT2D eigenvalue weighted by Gasteiger charge is -2.08. The number of benzene rings is 1. The molecule has 0 saturated carbocycles. The molecule has 2 aromatic rings. The average molecular weight is 285 g/mol. The Labute approximate surface area is 113 Å². The lowest BCUT2D eigenvalue weighted by atomic mass is 10.1. The van der Waals surface area contributed by atoms with Crippen molar-refractivity contribution in [3.63, 3.8) is 0 Å². The van der Waals surface area contributed by atoms with Crippen molar-refractivity contribution in [1.82, 2.24) is 9.97 Å². The molecule has 0 aliphatic heterocycles. The van der Waals surface area contributed by atoms with Gasteiger partial charge in [-0.2, -0.15) is 0 Å². The van der Waals surface area contributed by atoms with Crippen molar-refractivity contribution >= 4 is 23.1 Å². The third kappa shape index (κ3) is 3.51. The average Bonchev–Trinajstić information content (AvgIpc) is 2.33. The number of rotatable bonds is 4. The summed E-state index contributed by atoms with van der Waals surface area (Å²) in [6.45, 7) is 0.417. The molecule has 3 N–H and O–H groups in total. The van der Waals surface area contributed by atoms with E-state index in [0.29, 0.717) is 24.3 Å². The van der Waals surface area contributed by atoms with E-state index in [-0.39, 0.29) is 10.8 Å². The molecule has 19 heavy (non-hydrogen) atoms. The minimum Gasteiger partial charge on any atom is -0.393 e. The number of anilines is 2. The summed E-state index contributed by atoms with van der Waals surface area (Å²) in [7, 11) is 0. The van der Waals surface area contributed by atoms with Gasteiger partial charge in [0.25, 0.3) is 0 Å². The van der Waals surface area contributed by atoms with E-state index < -0.39 is 11.6 Å². The Morgan fingerprint density at radius 3 is 2.53 bits per heavy atom. The molecule has 0 amide bonds. The van der Waals surface area contributed by atoms with E-state index in [4.69, 9.17) is 17.3 Å². The summed E-state index contributed by atoms with van der Waals surface area (Å²) in [6.07, 6.45) is 1.71. The van der Waals surface area contributed by atoms with Crippen LogP contribution in [0.15, 0.2) is 24.5 Å². The van der Waals surface area contributed by atoms with Crippen LogP contribution in [-0.4, -0.2) is 16.5 Å². The Morgan fingerprint density at radius 1 is 1.16 bits per heavy atom. The molecule has 1 heterocycles. The molecule has 1 aromatic carbocycles. The molecule has 0 radical (unpaired) electrons. The van der Waals surface area contributed by atoms with Crippen LogP contribution >= 0.6 is 11.6 Å². The predicted octanol–water partition coefficient (Wildman–Crippen LogP) is 2.65. The van der Waals surface area contributed by atoms with Crippen LogP contribution in [0.1, 0.15) is 5.56 Å². The largest absolute Gasteiger partial charge is 0.393 e. The summed E-state index contributed by atoms with van der Waals surface area (Å²) in [5, 5.41) is 3.10. The fourth-order valence-electron chi connectivity index (χ4n) is 1.60. The van der Waals surface area contributed by atoms with Gasteiger partial charge in [0.1, 0.15) is 23.6 Å². The maximum Gasteiger partial charge on any atom is 0.157 e. The molecule has 4 nitrogen and oxygen atoms in total. The molecule has 0 spiro atoms. The number of nitrogen functional groups attached to an aromatic ring is 1. The molecule has 0 fully saturated rings. The third-order valence-electron chi connectivity index (χ3n) is 2.46. The Kier molecular flexibility index (Phi) is 4.11. The van der Waals surface area contributed by atoms with Crippen molar-refractivity contribution < 1.29 is 8.78 Å². The van der Waals surface area contributed by atoms with E-state index in [9.17, 15) is 8.78 Å². The first-order chi connectivity index (χ1) is 9.06. The van der Waals surface area contributed by atoms with Crippen molar-refractivity contribution in [2.24, 2.45) is 0 Å². The highest BCUT2D eigenvalue weighted by atomic mass is 35.5. The van der Waals surface area contributed by atoms with Crippen LogP contribution in [0.4, 0.5) is 20.3 Å². The van der Waals surface area contributed by atoms with Crippen LogP contribution in [0.5, 0.6) is 0 Å². The molecule has 7 heteroatoms. The van der Waals surface area contributed by atoms with Gasteiger partial charge >= 0.3 is 0 Å². The molecule has 0 aliphatic carbocycles. The Bertz CT molecular complexity index is 572. The van der Waals surface area contributed by atoms with Crippen molar-refractivity contribution in [2.75, 3.05) is 17.6 Å². The van der Waals surface area contributed by atoms with Crippen LogP contribution < -0.4 is 11.1 Å². The molecule has 1 aromatic heterocycles. The molecular formula is C12H11ClF2N4. The third-order valence-corrected chi connectivity index (χ3v) is 2.76. The highest BCUT2D eigenvalue weighted by Gasteiger charge is 2.05. The molecule has 0 bridgehead atoms. The van der Waals surface area contributed by atoms with Gasteiger partial charge in [-0.3, -0.25) is 0 Å². The van der Waals surface area contributed by atoms with Crippen LogP contribution in [0.25, 0.3) is 0 Å². The Hall–Kier alpha value is -1.95. The molecule has 100 valence electrons. The first-order valence-corrected chi connectivity index (χ1v) is 5.89. The second kappa shape index (κ2) is 5.79. The van der Waals surface area contributed by atoms with Gasteiger partial charge in [-0.05, 0) is 24.1 Å². The zero-order chi connectivity index (χ0) is 13.8. The summed E-state index contributed by atoms with van der Waals surface area (Å²) in [5.74, 6) is -0.795. The number of halogens is 3. The number of nitrogens with one attached hydrogen (secondary N) is 1. The highest BCUT2D eigenvalue weighted by molar-refractivity contribution is 6.32. The quantitative estimate of drug-likeness (QED) is 0.847. The topological polar surface area (TPSA) is 63.8 Å². The van der Waals surface area contributed by atoms with Crippen molar-refractivity contribution in [1.29, 1.82) is 0 Å². The van der Waals surface area contributed by atoms with Crippen LogP contribution in [0.3, 0.4) is 0 Å². The Morgan fingerprint density at radius 2 is 1.84 bits per heavy atom. The SMILES string of the molecule is Nc1c(Cl)ncnc1NCCc1cc(F)cc(F)c1. The zero-order valence-electron chi connectivity index (χ0n) is 9.83. The predicted molar refractivity (Wildman–Crippen MR) is 70.0 cm³/mol. The number of nitrogens with zero attached hydrogens (tertiary/aromatic N) is 2. The molecule has 0 atom stereocenters. The molecule has 0 aliphatic rings. The fourth-order valence-corrected chi connectivity index (χ4v) is 1.73. The van der Waals surface area contributed by atoms with Gasteiger partial charge in [0.15, 0.2) is 11.0 Å². The van der Waals surface area contributed by atoms with Gasteiger partial charge < -0.3 is 11.1 Å². The van der Waals surface area contributed by atoms with Gasteiger partial charge in [-0.15, -0.1) is 0 Å². The zero-order valence-corrected chi connectivity index (χ0v) is 10.6. The van der Waals surface area contributed by atoms with Crippen LogP contribution in [-0.2, 0) is 6.42 Å². The smallest absolute Gasteiger partial charge is 0.157 e. The van der Waals surface area contributed by atoms with E-state index in [1.165, 1.54) is 18.5 Å². The molecule has 0 saturated heterocycles. The summed E-state index contributed by atoms with van der Waals surface area (Å²) in [6, 6.07) is 3.39. The van der Waals surface area contributed by atoms with E-state index in [0.717, 1.165) is 6.07 Å². The van der Waals surface area contributed by atoms with Crippen LogP contribution in [0.2, 0.25) is 5.15 Å². The second-order valence-corrected chi connectivity index (χ2v) is 4.24. The first kappa shape index (κ1) is 13.5. The molecule has 0 unspecified atom stereocenters. The van der Waals surface area contributed by atoms with Gasteiger partial charge in [-0.1, -0.05) is 11.6 Å². The van der Waals surface area contributed by atoms with Crippen molar-refractivity contribution in [3.05, 3.63) is 46.9 Å². The Balaban J connectivity index is 1.98. The first-order valence-electron chi connectivity index (χ1n) is 5.51. The maximum absolute atomic E-state index is 13.0. The summed E-state index contributed by atoms with van der Waals surface area (Å²) < 4.78 is 26.0. The number of hydrogen-bond acceptors (Lipinski definition) is 4. The van der Waals surface area contributed by atoms with Gasteiger partial charge in [0.2, 0.25) is 0 Å². The van der Waals surface area contributed by atoms with Gasteiger partial charge in [0, 0.05) is 12.6 Å². The highest BCUT2D eigenvalue weighted by Crippen LogP contribution is 2.21.